The molecule has 2 aromatic rings. The normalized spacial score (nSPS) is 17.0. The number of amides is 1. The van der Waals surface area contributed by atoms with Gasteiger partial charge in [-0.25, -0.2) is 4.68 Å². The van der Waals surface area contributed by atoms with Crippen molar-refractivity contribution < 1.29 is 34.5 Å². The summed E-state index contributed by atoms with van der Waals surface area (Å²) < 4.78 is 1.42. The van der Waals surface area contributed by atoms with Gasteiger partial charge < -0.3 is 20.6 Å². The Balaban J connectivity index is 1.67. The van der Waals surface area contributed by atoms with E-state index in [9.17, 15) is 34.5 Å². The molecule has 3 heterocycles. The molecule has 4 N–H and O–H groups in total. The highest BCUT2D eigenvalue weighted by Gasteiger charge is 2.21. The molecular weight excluding hydrogens is 526 g/mol. The van der Waals surface area contributed by atoms with Crippen molar-refractivity contribution in [1.82, 2.24) is 39.6 Å². The van der Waals surface area contributed by atoms with Gasteiger partial charge in [-0.1, -0.05) is 5.21 Å². The van der Waals surface area contributed by atoms with Crippen LogP contribution in [0.2, 0.25) is 0 Å². The van der Waals surface area contributed by atoms with Crippen molar-refractivity contribution in [1.29, 1.82) is 0 Å². The zero-order valence-corrected chi connectivity index (χ0v) is 22.1. The van der Waals surface area contributed by atoms with Crippen LogP contribution >= 0.6 is 0 Å². The number of nitrogens with one attached hydrogen (secondary N) is 1. The lowest BCUT2D eigenvalue weighted by atomic mass is 10.3. The Bertz CT molecular complexity index is 1100. The Morgan fingerprint density at radius 1 is 0.700 bits per heavy atom. The number of aliphatic carboxylic acids is 3. The summed E-state index contributed by atoms with van der Waals surface area (Å²) in [6.07, 6.45) is 4.81. The van der Waals surface area contributed by atoms with E-state index in [1.165, 1.54) is 4.68 Å². The third kappa shape index (κ3) is 11.4. The smallest absolute Gasteiger partial charge is 0.317 e. The molecule has 1 aliphatic heterocycles. The first-order valence-electron chi connectivity index (χ1n) is 12.8. The van der Waals surface area contributed by atoms with Crippen LogP contribution in [0.15, 0.2) is 30.7 Å². The molecule has 0 saturated carbocycles. The maximum absolute atomic E-state index is 12.4. The van der Waals surface area contributed by atoms with Crippen LogP contribution in [0, 0.1) is 0 Å². The quantitative estimate of drug-likeness (QED) is 0.242. The zero-order valence-electron chi connectivity index (χ0n) is 22.1. The van der Waals surface area contributed by atoms with Gasteiger partial charge in [-0.2, -0.15) is 0 Å². The number of anilines is 1. The lowest BCUT2D eigenvalue weighted by Crippen LogP contribution is -2.48. The number of rotatable bonds is 11. The molecule has 0 bridgehead atoms. The first-order chi connectivity index (χ1) is 19.2. The second kappa shape index (κ2) is 15.6. The van der Waals surface area contributed by atoms with E-state index in [1.807, 2.05) is 4.90 Å². The van der Waals surface area contributed by atoms with E-state index in [1.54, 1.807) is 45.4 Å². The fraction of sp³-hybridized carbons (Fsp3) is 0.542. The maximum Gasteiger partial charge on any atom is 0.317 e. The predicted molar refractivity (Wildman–Crippen MR) is 140 cm³/mol. The molecule has 218 valence electrons. The summed E-state index contributed by atoms with van der Waals surface area (Å²) in [5.41, 5.74) is 1.22. The summed E-state index contributed by atoms with van der Waals surface area (Å²) in [5, 5.41) is 39.0. The van der Waals surface area contributed by atoms with Gasteiger partial charge in [0.25, 0.3) is 0 Å². The lowest BCUT2D eigenvalue weighted by molar-refractivity contribution is -0.140. The van der Waals surface area contributed by atoms with Crippen LogP contribution in [0.4, 0.5) is 5.69 Å². The van der Waals surface area contributed by atoms with Gasteiger partial charge in [0.05, 0.1) is 31.5 Å². The van der Waals surface area contributed by atoms with Crippen LogP contribution < -0.4 is 5.32 Å². The van der Waals surface area contributed by atoms with Crippen LogP contribution in [0.5, 0.6) is 0 Å². The van der Waals surface area contributed by atoms with Gasteiger partial charge >= 0.3 is 17.9 Å². The highest BCUT2D eigenvalue weighted by Crippen LogP contribution is 2.07. The standard InChI is InChI=1S/C24H35N9O7/c34-21(26-19-1-3-25-4-2-19)15-33-14-20(27-28-33)13-29-5-7-30(16-22(35)36)9-11-32(18-24(39)40)12-10-31(8-6-29)17-23(37)38/h1-4,14H,5-13,15-18H2,(H,35,36)(H,37,38)(H,39,40)(H,25,26,34). The molecule has 16 heteroatoms. The minimum Gasteiger partial charge on any atom is -0.480 e. The van der Waals surface area contributed by atoms with Gasteiger partial charge in [-0.05, 0) is 12.1 Å². The molecule has 1 aliphatic rings. The number of carbonyl (C=O) groups excluding carboxylic acids is 1. The predicted octanol–water partition coefficient (Wildman–Crippen LogP) is -1.71. The van der Waals surface area contributed by atoms with Gasteiger partial charge in [-0.3, -0.25) is 43.8 Å². The first kappa shape index (κ1) is 30.6. The molecule has 0 atom stereocenters. The molecular formula is C24H35N9O7. The molecule has 3 rings (SSSR count). The molecule has 0 aromatic carbocycles. The minimum atomic E-state index is -1.00. The molecule has 0 aliphatic carbocycles. The Morgan fingerprint density at radius 3 is 1.60 bits per heavy atom. The van der Waals surface area contributed by atoms with Crippen LogP contribution in [0.25, 0.3) is 0 Å². The largest absolute Gasteiger partial charge is 0.480 e. The zero-order chi connectivity index (χ0) is 28.9. The van der Waals surface area contributed by atoms with Crippen molar-refractivity contribution in [2.24, 2.45) is 0 Å². The van der Waals surface area contributed by atoms with Gasteiger partial charge in [0, 0.05) is 77.0 Å². The van der Waals surface area contributed by atoms with Crippen LogP contribution in [0.1, 0.15) is 5.69 Å². The number of carbonyl (C=O) groups is 4. The molecule has 0 spiro atoms. The van der Waals surface area contributed by atoms with Gasteiger partial charge in [-0.15, -0.1) is 5.10 Å². The second-order valence-electron chi connectivity index (χ2n) is 9.48. The number of pyridine rings is 1. The minimum absolute atomic E-state index is 0.0407. The Hall–Kier alpha value is -3.99. The van der Waals surface area contributed by atoms with E-state index in [-0.39, 0.29) is 32.1 Å². The molecule has 1 fully saturated rings. The molecule has 1 saturated heterocycles. The number of aromatic nitrogens is 4. The molecule has 16 nitrogen and oxygen atoms in total. The van der Waals surface area contributed by atoms with Crippen LogP contribution in [0.3, 0.4) is 0 Å². The van der Waals surface area contributed by atoms with E-state index in [2.05, 4.69) is 20.6 Å². The molecule has 2 aromatic heterocycles. The van der Waals surface area contributed by atoms with E-state index in [0.717, 1.165) is 0 Å². The third-order valence-electron chi connectivity index (χ3n) is 6.25. The van der Waals surface area contributed by atoms with Crippen LogP contribution in [-0.4, -0.2) is 151 Å². The number of carboxylic acids is 3. The van der Waals surface area contributed by atoms with Gasteiger partial charge in [0.1, 0.15) is 6.54 Å². The van der Waals surface area contributed by atoms with Crippen molar-refractivity contribution >= 4 is 29.5 Å². The molecule has 40 heavy (non-hydrogen) atoms. The molecule has 0 radical (unpaired) electrons. The van der Waals surface area contributed by atoms with Crippen LogP contribution in [-0.2, 0) is 32.3 Å². The summed E-state index contributed by atoms with van der Waals surface area (Å²) in [6.45, 7) is 2.78. The highest BCUT2D eigenvalue weighted by molar-refractivity contribution is 5.90. The fourth-order valence-corrected chi connectivity index (χ4v) is 4.29. The van der Waals surface area contributed by atoms with Gasteiger partial charge in [0.15, 0.2) is 0 Å². The van der Waals surface area contributed by atoms with E-state index in [4.69, 9.17) is 0 Å². The summed E-state index contributed by atoms with van der Waals surface area (Å²) in [4.78, 5) is 57.7. The summed E-state index contributed by atoms with van der Waals surface area (Å²) in [5.74, 6) is -3.25. The third-order valence-corrected chi connectivity index (χ3v) is 6.25. The first-order valence-corrected chi connectivity index (χ1v) is 12.8. The topological polar surface area (TPSA) is 198 Å². The Kier molecular flexibility index (Phi) is 11.9. The van der Waals surface area contributed by atoms with Gasteiger partial charge in [0.2, 0.25) is 5.91 Å². The number of hydrogen-bond acceptors (Lipinski definition) is 11. The van der Waals surface area contributed by atoms with Crippen molar-refractivity contribution in [3.8, 4) is 0 Å². The van der Waals surface area contributed by atoms with E-state index >= 15 is 0 Å². The van der Waals surface area contributed by atoms with Crippen molar-refractivity contribution in [2.75, 3.05) is 77.3 Å². The second-order valence-corrected chi connectivity index (χ2v) is 9.48. The number of carboxylic acid groups (broad SMARTS) is 3. The number of hydrogen-bond donors (Lipinski definition) is 4. The van der Waals surface area contributed by atoms with Crippen molar-refractivity contribution in [2.45, 2.75) is 13.1 Å². The van der Waals surface area contributed by atoms with E-state index in [0.29, 0.717) is 70.3 Å². The Morgan fingerprint density at radius 2 is 1.15 bits per heavy atom. The van der Waals surface area contributed by atoms with E-state index < -0.39 is 17.9 Å². The highest BCUT2D eigenvalue weighted by atomic mass is 16.4. The average Bonchev–Trinajstić information content (AvgIpc) is 3.31. The SMILES string of the molecule is O=C(O)CN1CCN(CC(=O)O)CCN(Cc2cn(CC(=O)Nc3ccncc3)nn2)CCN(CC(=O)O)CC1. The number of nitrogens with zero attached hydrogens (tertiary/aromatic N) is 8. The monoisotopic (exact) mass is 561 g/mol. The molecule has 1 amide bonds. The fourth-order valence-electron chi connectivity index (χ4n) is 4.29. The molecule has 0 unspecified atom stereocenters. The summed E-state index contributed by atoms with van der Waals surface area (Å²) >= 11 is 0. The maximum atomic E-state index is 12.4. The summed E-state index contributed by atoms with van der Waals surface area (Å²) in [7, 11) is 0. The van der Waals surface area contributed by atoms with Crippen molar-refractivity contribution in [3.05, 3.63) is 36.4 Å². The Labute approximate surface area is 230 Å². The van der Waals surface area contributed by atoms with Crippen molar-refractivity contribution in [3.63, 3.8) is 0 Å². The summed E-state index contributed by atoms with van der Waals surface area (Å²) in [6, 6.07) is 3.35. The average molecular weight is 562 g/mol. The lowest BCUT2D eigenvalue weighted by Gasteiger charge is -2.32.